The molecule has 0 spiro atoms. The molecule has 0 radical (unpaired) electrons. The van der Waals surface area contributed by atoms with E-state index in [-0.39, 0.29) is 17.5 Å². The average molecular weight is 400 g/mol. The average Bonchev–Trinajstić information content (AvgIpc) is 2.99. The third-order valence-electron chi connectivity index (χ3n) is 5.96. The summed E-state index contributed by atoms with van der Waals surface area (Å²) in [4.78, 5) is 33.4. The summed E-state index contributed by atoms with van der Waals surface area (Å²) in [6, 6.07) is 13.4. The molecule has 2 aromatic heterocycles. The number of carbonyl (C=O) groups excluding carboxylic acids is 2. The van der Waals surface area contributed by atoms with E-state index in [2.05, 4.69) is 47.3 Å². The third kappa shape index (κ3) is 3.45. The molecule has 2 heterocycles. The van der Waals surface area contributed by atoms with Gasteiger partial charge in [0.1, 0.15) is 5.69 Å². The summed E-state index contributed by atoms with van der Waals surface area (Å²) in [6.45, 7) is 4.19. The molecule has 0 fully saturated rings. The van der Waals surface area contributed by atoms with Gasteiger partial charge in [0, 0.05) is 25.0 Å². The molecule has 0 saturated carbocycles. The van der Waals surface area contributed by atoms with Crippen LogP contribution in [0, 0.1) is 12.8 Å². The molecule has 0 unspecified atom stereocenters. The van der Waals surface area contributed by atoms with Crippen LogP contribution in [0.1, 0.15) is 50.0 Å². The molecule has 0 aliphatic heterocycles. The summed E-state index contributed by atoms with van der Waals surface area (Å²) in [6.07, 6.45) is 5.99. The lowest BCUT2D eigenvalue weighted by molar-refractivity contribution is 0.0865. The van der Waals surface area contributed by atoms with E-state index in [1.54, 1.807) is 36.8 Å². The van der Waals surface area contributed by atoms with E-state index in [1.165, 1.54) is 11.1 Å². The molecule has 0 saturated heterocycles. The molecule has 6 heteroatoms. The van der Waals surface area contributed by atoms with Crippen molar-refractivity contribution in [3.63, 3.8) is 0 Å². The zero-order chi connectivity index (χ0) is 21.3. The Labute approximate surface area is 175 Å². The predicted octanol–water partition coefficient (Wildman–Crippen LogP) is 2.94. The number of carbonyl (C=O) groups is 2. The number of nitrogens with zero attached hydrogens (tertiary/aromatic N) is 2. The summed E-state index contributed by atoms with van der Waals surface area (Å²) in [5.41, 5.74) is 9.78. The second kappa shape index (κ2) is 7.71. The summed E-state index contributed by atoms with van der Waals surface area (Å²) < 4.78 is 0. The Morgan fingerprint density at radius 2 is 2.00 bits per heavy atom. The minimum Gasteiger partial charge on any atom is -0.364 e. The van der Waals surface area contributed by atoms with Crippen LogP contribution in [0.5, 0.6) is 0 Å². The number of amides is 2. The smallest absolute Gasteiger partial charge is 0.267 e. The van der Waals surface area contributed by atoms with Gasteiger partial charge >= 0.3 is 0 Å². The van der Waals surface area contributed by atoms with Gasteiger partial charge in [-0.3, -0.25) is 19.6 Å². The molecule has 3 aromatic rings. The zero-order valence-electron chi connectivity index (χ0n) is 17.1. The van der Waals surface area contributed by atoms with Crippen LogP contribution in [-0.2, 0) is 18.4 Å². The number of benzene rings is 1. The molecule has 2 amide bonds. The van der Waals surface area contributed by atoms with Gasteiger partial charge in [0.15, 0.2) is 0 Å². The maximum absolute atomic E-state index is 13.2. The molecule has 30 heavy (non-hydrogen) atoms. The van der Waals surface area contributed by atoms with Gasteiger partial charge in [-0.15, -0.1) is 0 Å². The predicted molar refractivity (Wildman–Crippen MR) is 114 cm³/mol. The first-order chi connectivity index (χ1) is 14.4. The number of pyridine rings is 2. The maximum Gasteiger partial charge on any atom is 0.267 e. The first-order valence-electron chi connectivity index (χ1n) is 9.97. The highest BCUT2D eigenvalue weighted by atomic mass is 16.2. The van der Waals surface area contributed by atoms with Crippen molar-refractivity contribution in [3.05, 3.63) is 94.6 Å². The Morgan fingerprint density at radius 3 is 2.73 bits per heavy atom. The Bertz CT molecular complexity index is 1110. The molecular weight excluding hydrogens is 376 g/mol. The molecule has 4 rings (SSSR count). The molecule has 152 valence electrons. The number of primary amides is 1. The van der Waals surface area contributed by atoms with Crippen molar-refractivity contribution in [2.45, 2.75) is 32.2 Å². The minimum atomic E-state index is -0.691. The highest BCUT2D eigenvalue weighted by molar-refractivity contribution is 5.95. The van der Waals surface area contributed by atoms with Crippen molar-refractivity contribution in [1.29, 1.82) is 0 Å². The van der Waals surface area contributed by atoms with Gasteiger partial charge in [-0.25, -0.2) is 0 Å². The number of nitrogens with one attached hydrogen (secondary N) is 1. The Morgan fingerprint density at radius 1 is 1.20 bits per heavy atom. The highest BCUT2D eigenvalue weighted by Crippen LogP contribution is 2.44. The van der Waals surface area contributed by atoms with Gasteiger partial charge in [-0.05, 0) is 54.2 Å². The normalized spacial score (nSPS) is 19.9. The van der Waals surface area contributed by atoms with Crippen LogP contribution in [0.15, 0.2) is 61.1 Å². The van der Waals surface area contributed by atoms with Gasteiger partial charge in [-0.1, -0.05) is 36.8 Å². The molecule has 0 bridgehead atoms. The van der Waals surface area contributed by atoms with Gasteiger partial charge in [-0.2, -0.15) is 0 Å². The summed E-state index contributed by atoms with van der Waals surface area (Å²) >= 11 is 0. The van der Waals surface area contributed by atoms with Crippen LogP contribution in [-0.4, -0.2) is 21.8 Å². The van der Waals surface area contributed by atoms with Gasteiger partial charge in [0.25, 0.3) is 11.8 Å². The molecule has 1 aliphatic rings. The number of nitrogens with two attached hydrogens (primary N) is 1. The zero-order valence-corrected chi connectivity index (χ0v) is 17.1. The molecular formula is C24H24N4O2. The second-order valence-electron chi connectivity index (χ2n) is 7.99. The summed E-state index contributed by atoms with van der Waals surface area (Å²) in [5, 5.41) is 3.29. The molecule has 6 nitrogen and oxygen atoms in total. The molecule has 3 N–H and O–H groups in total. The van der Waals surface area contributed by atoms with Crippen LogP contribution in [0.25, 0.3) is 0 Å². The Kier molecular flexibility index (Phi) is 5.08. The standard InChI is InChI=1S/C24H24N4O2/c1-15-7-8-20-19(11-15)12-16(2)24(20,28-23(30)18-6-3-9-26-14-18)13-17-5-4-10-27-21(17)22(25)29/h3-11,14,16H,12-13H2,1-2H3,(H2,25,29)(H,28,30)/t16-,24-/m1/s1. The van der Waals surface area contributed by atoms with Crippen molar-refractivity contribution in [1.82, 2.24) is 15.3 Å². The van der Waals surface area contributed by atoms with E-state index in [0.29, 0.717) is 12.0 Å². The molecule has 1 aromatic carbocycles. The highest BCUT2D eigenvalue weighted by Gasteiger charge is 2.46. The largest absolute Gasteiger partial charge is 0.364 e. The summed E-state index contributed by atoms with van der Waals surface area (Å²) in [7, 11) is 0. The second-order valence-corrected chi connectivity index (χ2v) is 7.99. The lowest BCUT2D eigenvalue weighted by Gasteiger charge is -2.37. The van der Waals surface area contributed by atoms with E-state index in [4.69, 9.17) is 5.73 Å². The Hall–Kier alpha value is -3.54. The lowest BCUT2D eigenvalue weighted by atomic mass is 9.78. The monoisotopic (exact) mass is 400 g/mol. The SMILES string of the molecule is Cc1ccc2c(c1)C[C@@H](C)[C@@]2(Cc1cccnc1C(N)=O)NC(=O)c1cccnc1. The van der Waals surface area contributed by atoms with Crippen LogP contribution in [0.3, 0.4) is 0 Å². The van der Waals surface area contributed by atoms with Crippen LogP contribution < -0.4 is 11.1 Å². The number of aryl methyl sites for hydroxylation is 1. The van der Waals surface area contributed by atoms with E-state index < -0.39 is 11.4 Å². The van der Waals surface area contributed by atoms with E-state index in [9.17, 15) is 9.59 Å². The number of fused-ring (bicyclic) bond motifs is 1. The third-order valence-corrected chi connectivity index (χ3v) is 5.96. The topological polar surface area (TPSA) is 98.0 Å². The fraction of sp³-hybridized carbons (Fsp3) is 0.250. The first kappa shape index (κ1) is 19.8. The number of hydrogen-bond acceptors (Lipinski definition) is 4. The van der Waals surface area contributed by atoms with E-state index in [0.717, 1.165) is 17.5 Å². The van der Waals surface area contributed by atoms with Crippen molar-refractivity contribution in [3.8, 4) is 0 Å². The number of rotatable bonds is 5. The lowest BCUT2D eigenvalue weighted by Crippen LogP contribution is -2.50. The van der Waals surface area contributed by atoms with Crippen molar-refractivity contribution in [2.24, 2.45) is 11.7 Å². The minimum absolute atomic E-state index is 0.107. The quantitative estimate of drug-likeness (QED) is 0.688. The van der Waals surface area contributed by atoms with E-state index >= 15 is 0 Å². The first-order valence-corrected chi connectivity index (χ1v) is 9.97. The van der Waals surface area contributed by atoms with Gasteiger partial charge in [0.05, 0.1) is 11.1 Å². The maximum atomic E-state index is 13.2. The fourth-order valence-corrected chi connectivity index (χ4v) is 4.48. The van der Waals surface area contributed by atoms with Crippen molar-refractivity contribution in [2.75, 3.05) is 0 Å². The van der Waals surface area contributed by atoms with E-state index in [1.807, 2.05) is 6.07 Å². The number of aromatic nitrogens is 2. The van der Waals surface area contributed by atoms with Gasteiger partial charge < -0.3 is 11.1 Å². The van der Waals surface area contributed by atoms with Crippen LogP contribution in [0.4, 0.5) is 0 Å². The number of hydrogen-bond donors (Lipinski definition) is 2. The molecule has 1 aliphatic carbocycles. The van der Waals surface area contributed by atoms with Crippen molar-refractivity contribution < 1.29 is 9.59 Å². The molecule has 2 atom stereocenters. The fourth-order valence-electron chi connectivity index (χ4n) is 4.48. The van der Waals surface area contributed by atoms with Gasteiger partial charge in [0.2, 0.25) is 0 Å². The van der Waals surface area contributed by atoms with Crippen LogP contribution >= 0.6 is 0 Å². The summed E-state index contributed by atoms with van der Waals surface area (Å²) in [5.74, 6) is -0.669. The Balaban J connectivity index is 1.83. The van der Waals surface area contributed by atoms with Crippen LogP contribution in [0.2, 0.25) is 0 Å². The van der Waals surface area contributed by atoms with Crippen molar-refractivity contribution >= 4 is 11.8 Å².